The van der Waals surface area contributed by atoms with Gasteiger partial charge in [0, 0.05) is 6.54 Å². The minimum Gasteiger partial charge on any atom is -0.496 e. The minimum atomic E-state index is -0.368. The molecule has 8 nitrogen and oxygen atoms in total. The molecule has 1 N–H and O–H groups in total. The Morgan fingerprint density at radius 1 is 1.14 bits per heavy atom. The molecule has 142 valence electrons. The standard InChI is InChI=1S/C20H19N5O3/c1-3-12-25-15-10-6-5-9-14(15)21-19(25)17-18(24-28-23-17)22-20(26)13-8-4-7-11-16(13)27-2/h4-11H,3,12H2,1-2H3,(H,22,24,26). The Labute approximate surface area is 161 Å². The number of para-hydroxylation sites is 3. The highest BCUT2D eigenvalue weighted by Crippen LogP contribution is 2.29. The number of imidazole rings is 1. The van der Waals surface area contributed by atoms with Gasteiger partial charge in [0.05, 0.1) is 23.7 Å². The van der Waals surface area contributed by atoms with Gasteiger partial charge in [-0.15, -0.1) is 0 Å². The number of hydrogen-bond acceptors (Lipinski definition) is 6. The van der Waals surface area contributed by atoms with Crippen molar-refractivity contribution in [2.75, 3.05) is 12.4 Å². The molecule has 0 saturated heterocycles. The first-order chi connectivity index (χ1) is 13.7. The Hall–Kier alpha value is -3.68. The Balaban J connectivity index is 1.73. The van der Waals surface area contributed by atoms with Gasteiger partial charge in [0.2, 0.25) is 5.82 Å². The summed E-state index contributed by atoms with van der Waals surface area (Å²) in [5, 5.41) is 10.6. The van der Waals surface area contributed by atoms with E-state index in [1.54, 1.807) is 24.3 Å². The van der Waals surface area contributed by atoms with E-state index in [2.05, 4.69) is 27.5 Å². The van der Waals surface area contributed by atoms with Gasteiger partial charge in [-0.3, -0.25) is 4.79 Å². The quantitative estimate of drug-likeness (QED) is 0.550. The van der Waals surface area contributed by atoms with Crippen molar-refractivity contribution in [3.8, 4) is 17.3 Å². The number of carbonyl (C=O) groups is 1. The zero-order valence-corrected chi connectivity index (χ0v) is 15.5. The molecular weight excluding hydrogens is 358 g/mol. The van der Waals surface area contributed by atoms with E-state index in [1.165, 1.54) is 7.11 Å². The second-order valence-electron chi connectivity index (χ2n) is 6.19. The predicted octanol–water partition coefficient (Wildman–Crippen LogP) is 3.76. The summed E-state index contributed by atoms with van der Waals surface area (Å²) in [6, 6.07) is 14.8. The fourth-order valence-electron chi connectivity index (χ4n) is 3.13. The molecule has 0 radical (unpaired) electrons. The van der Waals surface area contributed by atoms with Crippen molar-refractivity contribution in [1.82, 2.24) is 19.9 Å². The highest BCUT2D eigenvalue weighted by molar-refractivity contribution is 6.07. The van der Waals surface area contributed by atoms with Crippen molar-refractivity contribution >= 4 is 22.8 Å². The molecule has 0 unspecified atom stereocenters. The summed E-state index contributed by atoms with van der Waals surface area (Å²) in [6.45, 7) is 2.84. The van der Waals surface area contributed by atoms with Crippen LogP contribution in [-0.4, -0.2) is 32.9 Å². The largest absolute Gasteiger partial charge is 0.496 e. The number of benzene rings is 2. The lowest BCUT2D eigenvalue weighted by atomic mass is 10.2. The highest BCUT2D eigenvalue weighted by Gasteiger charge is 2.23. The van der Waals surface area contributed by atoms with Gasteiger partial charge in [0.1, 0.15) is 5.75 Å². The van der Waals surface area contributed by atoms with Gasteiger partial charge in [-0.1, -0.05) is 31.2 Å². The molecule has 2 aromatic heterocycles. The Bertz CT molecular complexity index is 1130. The lowest BCUT2D eigenvalue weighted by Crippen LogP contribution is -2.14. The summed E-state index contributed by atoms with van der Waals surface area (Å²) in [4.78, 5) is 17.4. The average molecular weight is 377 g/mol. The molecule has 4 rings (SSSR count). The van der Waals surface area contributed by atoms with E-state index in [4.69, 9.17) is 9.37 Å². The average Bonchev–Trinajstić information content (AvgIpc) is 3.32. The van der Waals surface area contributed by atoms with Crippen LogP contribution in [-0.2, 0) is 6.54 Å². The van der Waals surface area contributed by atoms with Gasteiger partial charge in [-0.05, 0) is 41.0 Å². The molecule has 0 aliphatic rings. The maximum absolute atomic E-state index is 12.7. The Kier molecular flexibility index (Phi) is 4.76. The van der Waals surface area contributed by atoms with Crippen LogP contribution in [0, 0.1) is 0 Å². The summed E-state index contributed by atoms with van der Waals surface area (Å²) < 4.78 is 12.2. The number of anilines is 1. The lowest BCUT2D eigenvalue weighted by molar-refractivity contribution is 0.102. The van der Waals surface area contributed by atoms with Gasteiger partial charge < -0.3 is 14.6 Å². The maximum atomic E-state index is 12.7. The first-order valence-electron chi connectivity index (χ1n) is 8.95. The number of ether oxygens (including phenoxy) is 1. The highest BCUT2D eigenvalue weighted by atomic mass is 16.6. The first kappa shape index (κ1) is 17.7. The molecule has 0 spiro atoms. The van der Waals surface area contributed by atoms with Crippen molar-refractivity contribution in [2.24, 2.45) is 0 Å². The second kappa shape index (κ2) is 7.51. The molecule has 1 amide bonds. The van der Waals surface area contributed by atoms with Gasteiger partial charge in [-0.25, -0.2) is 9.61 Å². The topological polar surface area (TPSA) is 95.1 Å². The zero-order valence-electron chi connectivity index (χ0n) is 15.5. The molecule has 2 aromatic carbocycles. The van der Waals surface area contributed by atoms with Crippen LogP contribution < -0.4 is 10.1 Å². The van der Waals surface area contributed by atoms with E-state index in [0.717, 1.165) is 24.0 Å². The van der Waals surface area contributed by atoms with Crippen molar-refractivity contribution < 1.29 is 14.2 Å². The molecule has 28 heavy (non-hydrogen) atoms. The van der Waals surface area contributed by atoms with Crippen molar-refractivity contribution in [1.29, 1.82) is 0 Å². The van der Waals surface area contributed by atoms with E-state index in [1.807, 2.05) is 28.8 Å². The number of hydrogen-bond donors (Lipinski definition) is 1. The number of nitrogens with one attached hydrogen (secondary N) is 1. The zero-order chi connectivity index (χ0) is 19.5. The molecule has 8 heteroatoms. The van der Waals surface area contributed by atoms with Crippen molar-refractivity contribution in [2.45, 2.75) is 19.9 Å². The number of fused-ring (bicyclic) bond motifs is 1. The second-order valence-corrected chi connectivity index (χ2v) is 6.19. The monoisotopic (exact) mass is 377 g/mol. The number of amides is 1. The molecule has 0 fully saturated rings. The Morgan fingerprint density at radius 3 is 2.75 bits per heavy atom. The van der Waals surface area contributed by atoms with Crippen molar-refractivity contribution in [3.05, 3.63) is 54.1 Å². The third-order valence-corrected chi connectivity index (χ3v) is 4.39. The molecule has 2 heterocycles. The van der Waals surface area contributed by atoms with Crippen LogP contribution in [0.1, 0.15) is 23.7 Å². The molecule has 0 aliphatic heterocycles. The van der Waals surface area contributed by atoms with Crippen LogP contribution in [0.5, 0.6) is 5.75 Å². The van der Waals surface area contributed by atoms with Crippen LogP contribution in [0.4, 0.5) is 5.82 Å². The molecule has 4 aromatic rings. The normalized spacial score (nSPS) is 10.9. The Morgan fingerprint density at radius 2 is 1.93 bits per heavy atom. The number of methoxy groups -OCH3 is 1. The van der Waals surface area contributed by atoms with Crippen LogP contribution in [0.2, 0.25) is 0 Å². The summed E-state index contributed by atoms with van der Waals surface area (Å²) in [5.74, 6) is 0.909. The molecular formula is C20H19N5O3. The fraction of sp³-hybridized carbons (Fsp3) is 0.200. The number of rotatable bonds is 6. The SMILES string of the molecule is CCCn1c(-c2nonc2NC(=O)c2ccccc2OC)nc2ccccc21. The van der Waals surface area contributed by atoms with Crippen LogP contribution in [0.3, 0.4) is 0 Å². The minimum absolute atomic E-state index is 0.212. The molecule has 0 bridgehead atoms. The van der Waals surface area contributed by atoms with E-state index >= 15 is 0 Å². The van der Waals surface area contributed by atoms with Crippen LogP contribution in [0.25, 0.3) is 22.6 Å². The van der Waals surface area contributed by atoms with E-state index in [-0.39, 0.29) is 11.7 Å². The van der Waals surface area contributed by atoms with Gasteiger partial charge in [0.25, 0.3) is 5.91 Å². The maximum Gasteiger partial charge on any atom is 0.260 e. The number of aromatic nitrogens is 4. The summed E-state index contributed by atoms with van der Waals surface area (Å²) in [7, 11) is 1.52. The summed E-state index contributed by atoms with van der Waals surface area (Å²) in [6.07, 6.45) is 0.918. The summed E-state index contributed by atoms with van der Waals surface area (Å²) in [5.41, 5.74) is 2.61. The summed E-state index contributed by atoms with van der Waals surface area (Å²) >= 11 is 0. The van der Waals surface area contributed by atoms with E-state index < -0.39 is 0 Å². The van der Waals surface area contributed by atoms with E-state index in [0.29, 0.717) is 22.8 Å². The molecule has 0 aliphatic carbocycles. The number of carbonyl (C=O) groups excluding carboxylic acids is 1. The number of nitrogens with zero attached hydrogens (tertiary/aromatic N) is 4. The lowest BCUT2D eigenvalue weighted by Gasteiger charge is -2.08. The smallest absolute Gasteiger partial charge is 0.260 e. The third-order valence-electron chi connectivity index (χ3n) is 4.39. The molecule has 0 atom stereocenters. The van der Waals surface area contributed by atoms with Gasteiger partial charge in [-0.2, -0.15) is 0 Å². The van der Waals surface area contributed by atoms with Gasteiger partial charge in [0.15, 0.2) is 11.5 Å². The third kappa shape index (κ3) is 3.09. The van der Waals surface area contributed by atoms with E-state index in [9.17, 15) is 4.79 Å². The van der Waals surface area contributed by atoms with Gasteiger partial charge >= 0.3 is 0 Å². The predicted molar refractivity (Wildman–Crippen MR) is 104 cm³/mol. The first-order valence-corrected chi connectivity index (χ1v) is 8.95. The number of aryl methyl sites for hydroxylation is 1. The van der Waals surface area contributed by atoms with Crippen molar-refractivity contribution in [3.63, 3.8) is 0 Å². The fourth-order valence-corrected chi connectivity index (χ4v) is 3.13. The van der Waals surface area contributed by atoms with Crippen LogP contribution >= 0.6 is 0 Å². The van der Waals surface area contributed by atoms with Crippen LogP contribution in [0.15, 0.2) is 53.2 Å². The molecule has 0 saturated carbocycles.